The van der Waals surface area contributed by atoms with Crippen molar-refractivity contribution in [1.82, 2.24) is 4.90 Å². The van der Waals surface area contributed by atoms with E-state index in [-0.39, 0.29) is 0 Å². The van der Waals surface area contributed by atoms with Gasteiger partial charge in [-0.15, -0.1) is 0 Å². The number of fused-ring (bicyclic) bond motifs is 2. The summed E-state index contributed by atoms with van der Waals surface area (Å²) in [7, 11) is 0. The van der Waals surface area contributed by atoms with Crippen molar-refractivity contribution in [1.29, 1.82) is 0 Å². The van der Waals surface area contributed by atoms with Crippen LogP contribution in [0, 0.1) is 0 Å². The largest absolute Gasteiger partial charge is 0.462 e. The molecule has 2 heterocycles. The molecule has 0 N–H and O–H groups in total. The molecule has 3 rings (SSSR count). The Morgan fingerprint density at radius 1 is 1.31 bits per heavy atom. The second-order valence-electron chi connectivity index (χ2n) is 3.89. The van der Waals surface area contributed by atoms with Crippen molar-refractivity contribution >= 4 is 6.29 Å². The van der Waals surface area contributed by atoms with E-state index in [9.17, 15) is 4.79 Å². The van der Waals surface area contributed by atoms with E-state index in [1.165, 1.54) is 0 Å². The fourth-order valence-corrected chi connectivity index (χ4v) is 2.07. The molecule has 2 aliphatic rings. The minimum Gasteiger partial charge on any atom is -0.462 e. The normalized spacial score (nSPS) is 17.6. The summed E-state index contributed by atoms with van der Waals surface area (Å²) in [4.78, 5) is 13.0. The molecule has 0 saturated carbocycles. The third kappa shape index (κ3) is 1.33. The predicted octanol–water partition coefficient (Wildman–Crippen LogP) is 1.86. The fraction of sp³-hybridized carbons (Fsp3) is 0.154. The quantitative estimate of drug-likeness (QED) is 0.667. The van der Waals surface area contributed by atoms with Gasteiger partial charge in [0.2, 0.25) is 0 Å². The molecule has 0 amide bonds. The van der Waals surface area contributed by atoms with Crippen molar-refractivity contribution in [3.63, 3.8) is 0 Å². The molecule has 0 bridgehead atoms. The maximum atomic E-state index is 10.9. The number of ether oxygens (including phenoxy) is 1. The summed E-state index contributed by atoms with van der Waals surface area (Å²) in [5, 5.41) is 0. The first-order valence-electron chi connectivity index (χ1n) is 5.24. The lowest BCUT2D eigenvalue weighted by Gasteiger charge is -2.17. The average molecular weight is 213 g/mol. The van der Waals surface area contributed by atoms with Crippen LogP contribution in [0.2, 0.25) is 0 Å². The number of carbonyl (C=O) groups is 1. The molecule has 2 aliphatic heterocycles. The molecule has 0 spiro atoms. The summed E-state index contributed by atoms with van der Waals surface area (Å²) in [6.45, 7) is 1.56. The van der Waals surface area contributed by atoms with Crippen LogP contribution in [0.3, 0.4) is 0 Å². The molecule has 0 unspecified atom stereocenters. The summed E-state index contributed by atoms with van der Waals surface area (Å²) in [6.07, 6.45) is 4.47. The number of aldehydes is 1. The van der Waals surface area contributed by atoms with Gasteiger partial charge in [0.15, 0.2) is 6.29 Å². The number of hydrogen-bond donors (Lipinski definition) is 0. The first-order valence-corrected chi connectivity index (χ1v) is 5.24. The van der Waals surface area contributed by atoms with Crippen LogP contribution in [0.4, 0.5) is 0 Å². The molecule has 0 aromatic heterocycles. The standard InChI is InChI=1S/C13H11NO2/c15-8-11-5-6-14-7-10-3-1-2-4-13(10)16-9-12(11)14/h1-5,8-9H,6-7H2. The molecule has 16 heavy (non-hydrogen) atoms. The lowest BCUT2D eigenvalue weighted by molar-refractivity contribution is -0.104. The van der Waals surface area contributed by atoms with Crippen molar-refractivity contribution in [2.24, 2.45) is 0 Å². The maximum absolute atomic E-state index is 10.9. The number of allylic oxidation sites excluding steroid dienone is 1. The lowest BCUT2D eigenvalue weighted by atomic mass is 10.2. The molecule has 3 nitrogen and oxygen atoms in total. The smallest absolute Gasteiger partial charge is 0.151 e. The van der Waals surface area contributed by atoms with E-state index in [1.807, 2.05) is 30.3 Å². The zero-order valence-electron chi connectivity index (χ0n) is 8.72. The number of benzene rings is 1. The molecule has 0 fully saturated rings. The van der Waals surface area contributed by atoms with Crippen molar-refractivity contribution in [3.8, 4) is 5.75 Å². The Hall–Kier alpha value is -2.03. The van der Waals surface area contributed by atoms with Crippen LogP contribution >= 0.6 is 0 Å². The monoisotopic (exact) mass is 213 g/mol. The highest BCUT2D eigenvalue weighted by atomic mass is 16.5. The van der Waals surface area contributed by atoms with Gasteiger partial charge >= 0.3 is 0 Å². The molecular weight excluding hydrogens is 202 g/mol. The van der Waals surface area contributed by atoms with Crippen LogP contribution in [0.5, 0.6) is 5.75 Å². The first kappa shape index (κ1) is 9.21. The van der Waals surface area contributed by atoms with Gasteiger partial charge in [-0.25, -0.2) is 0 Å². The third-order valence-electron chi connectivity index (χ3n) is 2.93. The van der Waals surface area contributed by atoms with Crippen LogP contribution in [0.25, 0.3) is 0 Å². The van der Waals surface area contributed by atoms with E-state index in [1.54, 1.807) is 6.26 Å². The van der Waals surface area contributed by atoms with Crippen LogP contribution < -0.4 is 4.74 Å². The van der Waals surface area contributed by atoms with Gasteiger partial charge in [0.1, 0.15) is 12.0 Å². The average Bonchev–Trinajstić information content (AvgIpc) is 2.61. The van der Waals surface area contributed by atoms with Crippen LogP contribution in [0.1, 0.15) is 5.56 Å². The van der Waals surface area contributed by atoms with Crippen LogP contribution in [0.15, 0.2) is 47.9 Å². The minimum absolute atomic E-state index is 0.716. The summed E-state index contributed by atoms with van der Waals surface area (Å²) in [5.74, 6) is 0.870. The van der Waals surface area contributed by atoms with Gasteiger partial charge in [-0.2, -0.15) is 0 Å². The topological polar surface area (TPSA) is 29.5 Å². The molecule has 1 aromatic rings. The highest BCUT2D eigenvalue weighted by Crippen LogP contribution is 2.30. The SMILES string of the molecule is O=CC1=CCN2Cc3ccccc3OC=C12. The number of nitrogens with zero attached hydrogens (tertiary/aromatic N) is 1. The summed E-state index contributed by atoms with van der Waals surface area (Å²) in [6, 6.07) is 7.94. The third-order valence-corrected chi connectivity index (χ3v) is 2.93. The van der Waals surface area contributed by atoms with Gasteiger partial charge in [-0.3, -0.25) is 4.79 Å². The van der Waals surface area contributed by atoms with Gasteiger partial charge in [0.25, 0.3) is 0 Å². The Morgan fingerprint density at radius 3 is 3.06 bits per heavy atom. The predicted molar refractivity (Wildman–Crippen MR) is 59.7 cm³/mol. The van der Waals surface area contributed by atoms with Gasteiger partial charge < -0.3 is 9.64 Å². The lowest BCUT2D eigenvalue weighted by Crippen LogP contribution is -2.17. The van der Waals surface area contributed by atoms with Gasteiger partial charge in [-0.05, 0) is 6.07 Å². The second kappa shape index (κ2) is 3.52. The molecule has 0 radical (unpaired) electrons. The highest BCUT2D eigenvalue weighted by molar-refractivity contribution is 5.81. The summed E-state index contributed by atoms with van der Waals surface area (Å²) in [5.41, 5.74) is 2.74. The molecule has 0 atom stereocenters. The van der Waals surface area contributed by atoms with E-state index in [0.717, 1.165) is 36.4 Å². The Bertz CT molecular complexity index is 502. The molecule has 3 heteroatoms. The number of carbonyl (C=O) groups excluding carboxylic acids is 1. The summed E-state index contributed by atoms with van der Waals surface area (Å²) < 4.78 is 5.59. The van der Waals surface area contributed by atoms with E-state index in [2.05, 4.69) is 4.90 Å². The highest BCUT2D eigenvalue weighted by Gasteiger charge is 2.23. The molecule has 1 aromatic carbocycles. The van der Waals surface area contributed by atoms with Crippen molar-refractivity contribution < 1.29 is 9.53 Å². The minimum atomic E-state index is 0.716. The Kier molecular flexibility index (Phi) is 2.03. The molecule has 0 aliphatic carbocycles. The summed E-state index contributed by atoms with van der Waals surface area (Å²) >= 11 is 0. The van der Waals surface area contributed by atoms with Crippen molar-refractivity contribution in [2.75, 3.05) is 6.54 Å². The van der Waals surface area contributed by atoms with E-state index < -0.39 is 0 Å². The van der Waals surface area contributed by atoms with Gasteiger partial charge in [0.05, 0.1) is 5.70 Å². The first-order chi connectivity index (χ1) is 7.88. The zero-order chi connectivity index (χ0) is 11.0. The van der Waals surface area contributed by atoms with E-state index in [4.69, 9.17) is 4.74 Å². The molecule has 80 valence electrons. The van der Waals surface area contributed by atoms with E-state index in [0.29, 0.717) is 5.57 Å². The Labute approximate surface area is 93.6 Å². The molecule has 0 saturated heterocycles. The van der Waals surface area contributed by atoms with E-state index >= 15 is 0 Å². The Balaban J connectivity index is 2.00. The van der Waals surface area contributed by atoms with Gasteiger partial charge in [-0.1, -0.05) is 24.3 Å². The van der Waals surface area contributed by atoms with Gasteiger partial charge in [0, 0.05) is 24.2 Å². The maximum Gasteiger partial charge on any atom is 0.151 e. The zero-order valence-corrected chi connectivity index (χ0v) is 8.72. The van der Waals surface area contributed by atoms with Crippen LogP contribution in [-0.4, -0.2) is 17.7 Å². The number of para-hydroxylation sites is 1. The molecular formula is C13H11NO2. The van der Waals surface area contributed by atoms with Crippen molar-refractivity contribution in [3.05, 3.63) is 53.4 Å². The van der Waals surface area contributed by atoms with Crippen molar-refractivity contribution in [2.45, 2.75) is 6.54 Å². The number of rotatable bonds is 1. The second-order valence-corrected chi connectivity index (χ2v) is 3.89. The Morgan fingerprint density at radius 2 is 2.19 bits per heavy atom. The fourth-order valence-electron chi connectivity index (χ4n) is 2.07. The van der Waals surface area contributed by atoms with Crippen LogP contribution in [-0.2, 0) is 11.3 Å². The number of hydrogen-bond acceptors (Lipinski definition) is 3.